The van der Waals surface area contributed by atoms with Crippen LogP contribution in [0, 0.1) is 0 Å². The number of nitrogens with one attached hydrogen (secondary N) is 1. The second-order valence-electron chi connectivity index (χ2n) is 2.02. The molecule has 0 spiro atoms. The lowest BCUT2D eigenvalue weighted by atomic mass is 10.1. The highest BCUT2D eigenvalue weighted by Crippen LogP contribution is 1.99. The van der Waals surface area contributed by atoms with Gasteiger partial charge in [-0.05, 0) is 12.8 Å². The van der Waals surface area contributed by atoms with Crippen molar-refractivity contribution in [1.82, 2.24) is 10.9 Å². The van der Waals surface area contributed by atoms with Crippen molar-refractivity contribution in [1.29, 1.82) is 0 Å². The Morgan fingerprint density at radius 2 is 2.62 bits per heavy atom. The van der Waals surface area contributed by atoms with Gasteiger partial charge in [0.2, 0.25) is 0 Å². The summed E-state index contributed by atoms with van der Waals surface area (Å²) in [6.45, 7) is 1.16. The predicted octanol–water partition coefficient (Wildman–Crippen LogP) is -0.750. The SMILES string of the molecule is OCC1CCCN[N]1. The Labute approximate surface area is 49.1 Å². The van der Waals surface area contributed by atoms with Gasteiger partial charge in [-0.1, -0.05) is 0 Å². The highest BCUT2D eigenvalue weighted by atomic mass is 16.3. The molecule has 1 radical (unpaired) electrons. The topological polar surface area (TPSA) is 46.4 Å². The van der Waals surface area contributed by atoms with E-state index in [4.69, 9.17) is 5.11 Å². The zero-order valence-corrected chi connectivity index (χ0v) is 4.80. The molecule has 1 rings (SSSR count). The van der Waals surface area contributed by atoms with Gasteiger partial charge in [-0.2, -0.15) is 5.43 Å². The first-order chi connectivity index (χ1) is 3.93. The van der Waals surface area contributed by atoms with Crippen LogP contribution in [0.1, 0.15) is 12.8 Å². The van der Waals surface area contributed by atoms with Crippen LogP contribution >= 0.6 is 0 Å². The molecular weight excluding hydrogens is 104 g/mol. The van der Waals surface area contributed by atoms with Crippen LogP contribution in [0.15, 0.2) is 0 Å². The second kappa shape index (κ2) is 3.02. The molecule has 2 N–H and O–H groups in total. The van der Waals surface area contributed by atoms with Gasteiger partial charge < -0.3 is 5.11 Å². The van der Waals surface area contributed by atoms with E-state index >= 15 is 0 Å². The van der Waals surface area contributed by atoms with Crippen LogP contribution in [-0.2, 0) is 0 Å². The maximum absolute atomic E-state index is 8.56. The molecule has 3 nitrogen and oxygen atoms in total. The molecule has 0 aromatic carbocycles. The Hall–Kier alpha value is -0.120. The van der Waals surface area contributed by atoms with Gasteiger partial charge >= 0.3 is 0 Å². The molecule has 0 aliphatic carbocycles. The Morgan fingerprint density at radius 1 is 1.75 bits per heavy atom. The third-order valence-electron chi connectivity index (χ3n) is 1.31. The lowest BCUT2D eigenvalue weighted by molar-refractivity contribution is 0.198. The van der Waals surface area contributed by atoms with E-state index < -0.39 is 0 Å². The number of hydrogen-bond acceptors (Lipinski definition) is 2. The van der Waals surface area contributed by atoms with E-state index in [0.29, 0.717) is 0 Å². The van der Waals surface area contributed by atoms with Crippen LogP contribution < -0.4 is 10.9 Å². The maximum atomic E-state index is 8.56. The highest BCUT2D eigenvalue weighted by molar-refractivity contribution is 4.66. The fraction of sp³-hybridized carbons (Fsp3) is 1.00. The Kier molecular flexibility index (Phi) is 2.27. The first-order valence-corrected chi connectivity index (χ1v) is 2.97. The van der Waals surface area contributed by atoms with Gasteiger partial charge in [0.05, 0.1) is 12.6 Å². The van der Waals surface area contributed by atoms with Crippen molar-refractivity contribution in [3.63, 3.8) is 0 Å². The lowest BCUT2D eigenvalue weighted by Crippen LogP contribution is -2.41. The molecule has 1 saturated heterocycles. The van der Waals surface area contributed by atoms with Gasteiger partial charge in [-0.15, -0.1) is 0 Å². The van der Waals surface area contributed by atoms with Crippen molar-refractivity contribution in [2.45, 2.75) is 18.9 Å². The molecule has 1 aliphatic rings. The summed E-state index contributed by atoms with van der Waals surface area (Å²) in [4.78, 5) is 0. The zero-order chi connectivity index (χ0) is 5.82. The molecule has 1 fully saturated rings. The first kappa shape index (κ1) is 6.01. The normalized spacial score (nSPS) is 30.4. The average molecular weight is 115 g/mol. The van der Waals surface area contributed by atoms with Gasteiger partial charge in [-0.3, -0.25) is 0 Å². The fourth-order valence-corrected chi connectivity index (χ4v) is 0.807. The van der Waals surface area contributed by atoms with Crippen LogP contribution in [0.25, 0.3) is 0 Å². The summed E-state index contributed by atoms with van der Waals surface area (Å²) in [6, 6.07) is 0.156. The number of nitrogens with zero attached hydrogens (tertiary/aromatic N) is 1. The first-order valence-electron chi connectivity index (χ1n) is 2.97. The van der Waals surface area contributed by atoms with E-state index in [1.54, 1.807) is 0 Å². The van der Waals surface area contributed by atoms with Crippen molar-refractivity contribution >= 4 is 0 Å². The molecule has 0 aromatic heterocycles. The third kappa shape index (κ3) is 1.43. The number of aliphatic hydroxyl groups is 1. The van der Waals surface area contributed by atoms with E-state index in [1.165, 1.54) is 0 Å². The summed E-state index contributed by atoms with van der Waals surface area (Å²) in [5.74, 6) is 0. The quantitative estimate of drug-likeness (QED) is 0.472. The standard InChI is InChI=1S/C5H11N2O/c8-4-5-2-1-3-6-7-5/h5-6,8H,1-4H2. The van der Waals surface area contributed by atoms with Crippen LogP contribution in [0.5, 0.6) is 0 Å². The van der Waals surface area contributed by atoms with Crippen LogP contribution in [0.3, 0.4) is 0 Å². The molecule has 0 saturated carbocycles. The summed E-state index contributed by atoms with van der Waals surface area (Å²) in [6.07, 6.45) is 2.16. The summed E-state index contributed by atoms with van der Waals surface area (Å²) in [5.41, 5.74) is 6.80. The highest BCUT2D eigenvalue weighted by Gasteiger charge is 2.10. The summed E-state index contributed by atoms with van der Waals surface area (Å²) >= 11 is 0. The molecular formula is C5H11N2O. The smallest absolute Gasteiger partial charge is 0.0647 e. The van der Waals surface area contributed by atoms with E-state index in [9.17, 15) is 0 Å². The van der Waals surface area contributed by atoms with Crippen LogP contribution in [0.4, 0.5) is 0 Å². The Bertz CT molecular complexity index is 61.4. The minimum atomic E-state index is 0.156. The van der Waals surface area contributed by atoms with Gasteiger partial charge in [0.1, 0.15) is 0 Å². The summed E-state index contributed by atoms with van der Waals surface area (Å²) in [5, 5.41) is 8.56. The van der Waals surface area contributed by atoms with Gasteiger partial charge in [0.15, 0.2) is 0 Å². The van der Waals surface area contributed by atoms with Gasteiger partial charge in [-0.25, -0.2) is 5.43 Å². The summed E-state index contributed by atoms with van der Waals surface area (Å²) in [7, 11) is 0. The molecule has 1 aliphatic heterocycles. The summed E-state index contributed by atoms with van der Waals surface area (Å²) < 4.78 is 0. The number of rotatable bonds is 1. The van der Waals surface area contributed by atoms with Crippen LogP contribution in [-0.4, -0.2) is 24.3 Å². The average Bonchev–Trinajstić information content (AvgIpc) is 1.90. The minimum absolute atomic E-state index is 0.156. The predicted molar refractivity (Wildman–Crippen MR) is 30.2 cm³/mol. The van der Waals surface area contributed by atoms with E-state index in [2.05, 4.69) is 10.9 Å². The van der Waals surface area contributed by atoms with Crippen molar-refractivity contribution in [2.24, 2.45) is 0 Å². The van der Waals surface area contributed by atoms with Gasteiger partial charge in [0.25, 0.3) is 0 Å². The Morgan fingerprint density at radius 3 is 3.00 bits per heavy atom. The molecule has 1 atom stereocenters. The molecule has 3 heteroatoms. The van der Waals surface area contributed by atoms with Crippen molar-refractivity contribution in [3.8, 4) is 0 Å². The number of hydrogen-bond donors (Lipinski definition) is 2. The van der Waals surface area contributed by atoms with Crippen LogP contribution in [0.2, 0.25) is 0 Å². The van der Waals surface area contributed by atoms with Crippen molar-refractivity contribution < 1.29 is 5.11 Å². The maximum Gasteiger partial charge on any atom is 0.0647 e. The molecule has 0 amide bonds. The molecule has 8 heavy (non-hydrogen) atoms. The van der Waals surface area contributed by atoms with E-state index in [-0.39, 0.29) is 12.6 Å². The van der Waals surface area contributed by atoms with Crippen molar-refractivity contribution in [3.05, 3.63) is 0 Å². The monoisotopic (exact) mass is 115 g/mol. The van der Waals surface area contributed by atoms with E-state index in [0.717, 1.165) is 19.4 Å². The number of aliphatic hydroxyl groups excluding tert-OH is 1. The molecule has 1 heterocycles. The van der Waals surface area contributed by atoms with Crippen molar-refractivity contribution in [2.75, 3.05) is 13.2 Å². The molecule has 0 bridgehead atoms. The minimum Gasteiger partial charge on any atom is -0.395 e. The van der Waals surface area contributed by atoms with E-state index in [1.807, 2.05) is 0 Å². The fourth-order valence-electron chi connectivity index (χ4n) is 0.807. The van der Waals surface area contributed by atoms with Gasteiger partial charge in [0, 0.05) is 6.54 Å². The Balaban J connectivity index is 2.13. The lowest BCUT2D eigenvalue weighted by Gasteiger charge is -2.19. The zero-order valence-electron chi connectivity index (χ0n) is 4.80. The third-order valence-corrected chi connectivity index (χ3v) is 1.31. The largest absolute Gasteiger partial charge is 0.395 e. The molecule has 1 unspecified atom stereocenters. The molecule has 47 valence electrons. The second-order valence-corrected chi connectivity index (χ2v) is 2.02. The molecule has 0 aromatic rings.